The summed E-state index contributed by atoms with van der Waals surface area (Å²) in [5.41, 5.74) is 4.07. The Morgan fingerprint density at radius 3 is 2.29 bits per heavy atom. The Morgan fingerprint density at radius 2 is 1.61 bits per heavy atom. The highest BCUT2D eigenvalue weighted by Crippen LogP contribution is 2.19. The molecular formula is C26H31NO. The summed E-state index contributed by atoms with van der Waals surface area (Å²) < 4.78 is 0. The summed E-state index contributed by atoms with van der Waals surface area (Å²) in [6.45, 7) is 0. The molecule has 2 aromatic rings. The highest BCUT2D eigenvalue weighted by atomic mass is 16.1. The molecule has 2 aromatic carbocycles. The highest BCUT2D eigenvalue weighted by Gasteiger charge is 2.15. The van der Waals surface area contributed by atoms with E-state index in [1.165, 1.54) is 16.7 Å². The predicted molar refractivity (Wildman–Crippen MR) is 117 cm³/mol. The van der Waals surface area contributed by atoms with Crippen LogP contribution in [0.5, 0.6) is 0 Å². The zero-order chi connectivity index (χ0) is 19.4. The summed E-state index contributed by atoms with van der Waals surface area (Å²) in [6, 6.07) is 21.1. The number of hydrogen-bond donors (Lipinski definition) is 1. The third-order valence-electron chi connectivity index (χ3n) is 5.26. The van der Waals surface area contributed by atoms with Crippen LogP contribution in [0.3, 0.4) is 0 Å². The minimum atomic E-state index is 0.168. The molecule has 2 nitrogen and oxygen atoms in total. The predicted octanol–water partition coefficient (Wildman–Crippen LogP) is 5.79. The summed E-state index contributed by atoms with van der Waals surface area (Å²) >= 11 is 0. The molecule has 0 saturated heterocycles. The van der Waals surface area contributed by atoms with E-state index in [0.717, 1.165) is 44.9 Å². The van der Waals surface area contributed by atoms with E-state index in [0.29, 0.717) is 6.42 Å². The maximum absolute atomic E-state index is 12.6. The minimum absolute atomic E-state index is 0.168. The van der Waals surface area contributed by atoms with Crippen LogP contribution < -0.4 is 5.32 Å². The molecule has 1 unspecified atom stereocenters. The summed E-state index contributed by atoms with van der Waals surface area (Å²) in [5, 5.41) is 3.31. The van der Waals surface area contributed by atoms with Crippen LogP contribution in [0.15, 0.2) is 84.5 Å². The van der Waals surface area contributed by atoms with E-state index in [2.05, 4.69) is 72.1 Å². The standard InChI is InChI=1S/C26H31NO/c28-26(19-11-10-14-22-12-4-1-5-13-22)27-25(20-23-15-6-2-7-16-23)21-24-17-8-3-9-18-24/h1-8,12-13,15-17,25H,9-11,14,18-21H2,(H,27,28). The second-order valence-corrected chi connectivity index (χ2v) is 7.64. The van der Waals surface area contributed by atoms with Crippen molar-refractivity contribution in [3.8, 4) is 0 Å². The van der Waals surface area contributed by atoms with Gasteiger partial charge in [0.2, 0.25) is 5.91 Å². The average molecular weight is 374 g/mol. The minimum Gasteiger partial charge on any atom is -0.353 e. The molecule has 0 heterocycles. The topological polar surface area (TPSA) is 29.1 Å². The first-order valence-electron chi connectivity index (χ1n) is 10.5. The van der Waals surface area contributed by atoms with Crippen LogP contribution in [-0.2, 0) is 17.6 Å². The van der Waals surface area contributed by atoms with E-state index >= 15 is 0 Å². The molecule has 1 aliphatic carbocycles. The quantitative estimate of drug-likeness (QED) is 0.524. The molecule has 2 heteroatoms. The van der Waals surface area contributed by atoms with Crippen molar-refractivity contribution in [3.05, 3.63) is 95.6 Å². The van der Waals surface area contributed by atoms with E-state index in [1.54, 1.807) is 0 Å². The van der Waals surface area contributed by atoms with E-state index in [1.807, 2.05) is 12.1 Å². The molecule has 28 heavy (non-hydrogen) atoms. The maximum atomic E-state index is 12.6. The first kappa shape index (κ1) is 20.1. The van der Waals surface area contributed by atoms with Crippen LogP contribution in [0.1, 0.15) is 49.7 Å². The van der Waals surface area contributed by atoms with Crippen LogP contribution in [0, 0.1) is 0 Å². The number of benzene rings is 2. The molecule has 1 atom stereocenters. The Morgan fingerprint density at radius 1 is 0.893 bits per heavy atom. The number of hydrogen-bond acceptors (Lipinski definition) is 1. The Hall–Kier alpha value is -2.61. The van der Waals surface area contributed by atoms with Crippen molar-refractivity contribution in [3.63, 3.8) is 0 Å². The zero-order valence-electron chi connectivity index (χ0n) is 16.6. The van der Waals surface area contributed by atoms with Gasteiger partial charge in [-0.3, -0.25) is 4.79 Å². The van der Waals surface area contributed by atoms with Gasteiger partial charge in [-0.2, -0.15) is 0 Å². The van der Waals surface area contributed by atoms with Gasteiger partial charge in [-0.1, -0.05) is 84.5 Å². The fourth-order valence-electron chi connectivity index (χ4n) is 3.77. The van der Waals surface area contributed by atoms with Gasteiger partial charge >= 0.3 is 0 Å². The molecule has 0 spiro atoms. The Balaban J connectivity index is 1.48. The van der Waals surface area contributed by atoms with Crippen molar-refractivity contribution in [1.29, 1.82) is 0 Å². The van der Waals surface area contributed by atoms with Gasteiger partial charge in [0.1, 0.15) is 0 Å². The number of carbonyl (C=O) groups excluding carboxylic acids is 1. The summed E-state index contributed by atoms with van der Waals surface area (Å²) in [6.07, 6.45) is 14.2. The molecule has 0 bridgehead atoms. The number of allylic oxidation sites excluding steroid dienone is 3. The monoisotopic (exact) mass is 373 g/mol. The molecule has 0 radical (unpaired) electrons. The fraction of sp³-hybridized carbons (Fsp3) is 0.346. The lowest BCUT2D eigenvalue weighted by atomic mass is 9.94. The number of unbranched alkanes of at least 4 members (excludes halogenated alkanes) is 1. The first-order chi connectivity index (χ1) is 13.8. The third kappa shape index (κ3) is 7.19. The van der Waals surface area contributed by atoms with E-state index in [-0.39, 0.29) is 11.9 Å². The molecule has 0 aromatic heterocycles. The fourth-order valence-corrected chi connectivity index (χ4v) is 3.77. The summed E-state index contributed by atoms with van der Waals surface area (Å²) in [7, 11) is 0. The summed E-state index contributed by atoms with van der Waals surface area (Å²) in [4.78, 5) is 12.6. The average Bonchev–Trinajstić information content (AvgIpc) is 2.73. The van der Waals surface area contributed by atoms with Gasteiger partial charge in [0, 0.05) is 12.5 Å². The maximum Gasteiger partial charge on any atom is 0.220 e. The number of nitrogens with one attached hydrogen (secondary N) is 1. The molecule has 0 fully saturated rings. The van der Waals surface area contributed by atoms with Crippen molar-refractivity contribution in [2.45, 2.75) is 57.4 Å². The van der Waals surface area contributed by atoms with Gasteiger partial charge in [-0.25, -0.2) is 0 Å². The SMILES string of the molecule is O=C(CCCCc1ccccc1)NC(CC1=CC=CCC1)Cc1ccccc1. The number of amides is 1. The van der Waals surface area contributed by atoms with Crippen LogP contribution in [0.4, 0.5) is 0 Å². The number of rotatable bonds is 10. The number of carbonyl (C=O) groups is 1. The van der Waals surface area contributed by atoms with E-state index in [4.69, 9.17) is 0 Å². The molecule has 146 valence electrons. The van der Waals surface area contributed by atoms with Gasteiger partial charge in [0.25, 0.3) is 0 Å². The normalized spacial score (nSPS) is 14.4. The smallest absolute Gasteiger partial charge is 0.220 e. The Bertz CT molecular complexity index is 777. The second-order valence-electron chi connectivity index (χ2n) is 7.64. The van der Waals surface area contributed by atoms with Crippen molar-refractivity contribution < 1.29 is 4.79 Å². The Labute approximate surface area is 169 Å². The van der Waals surface area contributed by atoms with Gasteiger partial charge in [0.05, 0.1) is 0 Å². The van der Waals surface area contributed by atoms with Crippen LogP contribution in [0.2, 0.25) is 0 Å². The second kappa shape index (κ2) is 11.3. The van der Waals surface area contributed by atoms with Gasteiger partial charge in [-0.15, -0.1) is 0 Å². The van der Waals surface area contributed by atoms with E-state index in [9.17, 15) is 4.79 Å². The van der Waals surface area contributed by atoms with Gasteiger partial charge in [0.15, 0.2) is 0 Å². The number of aryl methyl sites for hydroxylation is 1. The van der Waals surface area contributed by atoms with E-state index < -0.39 is 0 Å². The lowest BCUT2D eigenvalue weighted by molar-refractivity contribution is -0.121. The zero-order valence-corrected chi connectivity index (χ0v) is 16.6. The highest BCUT2D eigenvalue weighted by molar-refractivity contribution is 5.76. The van der Waals surface area contributed by atoms with Crippen LogP contribution in [-0.4, -0.2) is 11.9 Å². The van der Waals surface area contributed by atoms with Gasteiger partial charge in [-0.05, 0) is 56.1 Å². The molecule has 1 N–H and O–H groups in total. The Kier molecular flexibility index (Phi) is 8.11. The third-order valence-corrected chi connectivity index (χ3v) is 5.26. The summed E-state index contributed by atoms with van der Waals surface area (Å²) in [5.74, 6) is 0.181. The molecule has 0 aliphatic heterocycles. The van der Waals surface area contributed by atoms with Crippen molar-refractivity contribution in [2.75, 3.05) is 0 Å². The largest absolute Gasteiger partial charge is 0.353 e. The lowest BCUT2D eigenvalue weighted by Gasteiger charge is -2.21. The first-order valence-corrected chi connectivity index (χ1v) is 10.5. The van der Waals surface area contributed by atoms with Crippen LogP contribution in [0.25, 0.3) is 0 Å². The molecule has 3 rings (SSSR count). The van der Waals surface area contributed by atoms with Crippen molar-refractivity contribution >= 4 is 5.91 Å². The molecule has 1 amide bonds. The van der Waals surface area contributed by atoms with Gasteiger partial charge < -0.3 is 5.32 Å². The molecule has 1 aliphatic rings. The van der Waals surface area contributed by atoms with Crippen LogP contribution >= 0.6 is 0 Å². The van der Waals surface area contributed by atoms with Crippen molar-refractivity contribution in [2.24, 2.45) is 0 Å². The lowest BCUT2D eigenvalue weighted by Crippen LogP contribution is -2.36. The van der Waals surface area contributed by atoms with Crippen molar-refractivity contribution in [1.82, 2.24) is 5.32 Å². The molecule has 0 saturated carbocycles. The molecular weight excluding hydrogens is 342 g/mol.